The Hall–Kier alpha value is -2.68. The van der Waals surface area contributed by atoms with Gasteiger partial charge in [0.25, 0.3) is 5.91 Å². The molecule has 0 unspecified atom stereocenters. The number of halogens is 1. The van der Waals surface area contributed by atoms with Gasteiger partial charge in [-0.3, -0.25) is 9.36 Å². The first-order chi connectivity index (χ1) is 10.6. The van der Waals surface area contributed by atoms with Crippen molar-refractivity contribution in [1.82, 2.24) is 4.57 Å². The third kappa shape index (κ3) is 2.58. The van der Waals surface area contributed by atoms with Crippen LogP contribution in [0, 0.1) is 12.7 Å². The van der Waals surface area contributed by atoms with Crippen LogP contribution in [0.5, 0.6) is 0 Å². The van der Waals surface area contributed by atoms with Gasteiger partial charge in [0, 0.05) is 17.2 Å². The fourth-order valence-corrected chi connectivity index (χ4v) is 2.58. The van der Waals surface area contributed by atoms with Crippen molar-refractivity contribution in [3.63, 3.8) is 0 Å². The predicted molar refractivity (Wildman–Crippen MR) is 87.4 cm³/mol. The average molecular weight is 293 g/mol. The van der Waals surface area contributed by atoms with E-state index in [2.05, 4.69) is 0 Å². The maximum absolute atomic E-state index is 12.9. The van der Waals surface area contributed by atoms with Gasteiger partial charge in [-0.25, -0.2) is 4.39 Å². The highest BCUT2D eigenvalue weighted by molar-refractivity contribution is 6.04. The van der Waals surface area contributed by atoms with Crippen LogP contribution in [-0.2, 0) is 0 Å². The Morgan fingerprint density at radius 3 is 2.50 bits per heavy atom. The van der Waals surface area contributed by atoms with E-state index in [-0.39, 0.29) is 11.7 Å². The third-order valence-corrected chi connectivity index (χ3v) is 3.72. The zero-order valence-electron chi connectivity index (χ0n) is 12.5. The van der Waals surface area contributed by atoms with Gasteiger partial charge in [0.2, 0.25) is 0 Å². The number of rotatable bonds is 2. The molecule has 0 spiro atoms. The monoisotopic (exact) mass is 293 g/mol. The molecule has 3 rings (SSSR count). The van der Waals surface area contributed by atoms with Crippen LogP contribution in [0.3, 0.4) is 0 Å². The predicted octanol–water partition coefficient (Wildman–Crippen LogP) is 4.83. The number of nitrogens with zero attached hydrogens (tertiary/aromatic N) is 1. The highest BCUT2D eigenvalue weighted by Gasteiger charge is 2.12. The molecule has 2 nitrogen and oxygen atoms in total. The second-order valence-corrected chi connectivity index (χ2v) is 5.38. The van der Waals surface area contributed by atoms with Crippen LogP contribution in [0.25, 0.3) is 17.0 Å². The van der Waals surface area contributed by atoms with Crippen LogP contribution in [0.4, 0.5) is 4.39 Å². The second kappa shape index (κ2) is 5.60. The van der Waals surface area contributed by atoms with Gasteiger partial charge in [0.1, 0.15) is 5.82 Å². The van der Waals surface area contributed by atoms with Crippen molar-refractivity contribution in [3.05, 3.63) is 77.2 Å². The fourth-order valence-electron chi connectivity index (χ4n) is 2.58. The Morgan fingerprint density at radius 1 is 1.09 bits per heavy atom. The Balaban J connectivity index is 2.00. The van der Waals surface area contributed by atoms with E-state index in [1.54, 1.807) is 29.7 Å². The summed E-state index contributed by atoms with van der Waals surface area (Å²) < 4.78 is 14.6. The summed E-state index contributed by atoms with van der Waals surface area (Å²) in [5.74, 6) is -0.359. The zero-order chi connectivity index (χ0) is 15.7. The number of benzene rings is 2. The first kappa shape index (κ1) is 14.3. The van der Waals surface area contributed by atoms with E-state index in [0.29, 0.717) is 5.57 Å². The lowest BCUT2D eigenvalue weighted by Crippen LogP contribution is -2.10. The molecule has 3 aromatic rings. The van der Waals surface area contributed by atoms with Crippen LogP contribution in [0.1, 0.15) is 22.8 Å². The van der Waals surface area contributed by atoms with Gasteiger partial charge < -0.3 is 0 Å². The molecule has 1 aromatic heterocycles. The maximum atomic E-state index is 12.9. The minimum Gasteiger partial charge on any atom is -0.283 e. The number of carbonyl (C=O) groups is 1. The summed E-state index contributed by atoms with van der Waals surface area (Å²) in [6.07, 6.45) is 3.63. The van der Waals surface area contributed by atoms with Crippen molar-refractivity contribution in [3.8, 4) is 0 Å². The van der Waals surface area contributed by atoms with E-state index in [9.17, 15) is 9.18 Å². The molecule has 0 saturated carbocycles. The summed E-state index contributed by atoms with van der Waals surface area (Å²) in [5.41, 5.74) is 3.38. The molecular weight excluding hydrogens is 277 g/mol. The topological polar surface area (TPSA) is 22.0 Å². The van der Waals surface area contributed by atoms with E-state index < -0.39 is 0 Å². The van der Waals surface area contributed by atoms with Crippen LogP contribution in [0.15, 0.2) is 60.3 Å². The molecule has 0 N–H and O–H groups in total. The molecule has 0 saturated heterocycles. The molecule has 0 aliphatic rings. The summed E-state index contributed by atoms with van der Waals surface area (Å²) in [7, 11) is 0. The zero-order valence-corrected chi connectivity index (χ0v) is 12.5. The van der Waals surface area contributed by atoms with Crippen molar-refractivity contribution >= 4 is 22.9 Å². The second-order valence-electron chi connectivity index (χ2n) is 5.38. The molecule has 0 aliphatic carbocycles. The smallest absolute Gasteiger partial charge is 0.258 e. The summed E-state index contributed by atoms with van der Waals surface area (Å²) in [6.45, 7) is 3.76. The van der Waals surface area contributed by atoms with Crippen molar-refractivity contribution in [2.75, 3.05) is 0 Å². The van der Waals surface area contributed by atoms with Gasteiger partial charge in [-0.15, -0.1) is 0 Å². The molecule has 0 fully saturated rings. The Morgan fingerprint density at radius 2 is 1.77 bits per heavy atom. The van der Waals surface area contributed by atoms with Gasteiger partial charge in [0.05, 0.1) is 5.52 Å². The van der Waals surface area contributed by atoms with E-state index in [1.165, 1.54) is 12.1 Å². The summed E-state index contributed by atoms with van der Waals surface area (Å²) in [5, 5.41) is 1.07. The molecule has 0 radical (unpaired) electrons. The van der Waals surface area contributed by atoms with E-state index in [4.69, 9.17) is 0 Å². The normalized spacial score (nSPS) is 11.9. The molecule has 3 heteroatoms. The largest absolute Gasteiger partial charge is 0.283 e. The number of hydrogen-bond acceptors (Lipinski definition) is 1. The van der Waals surface area contributed by atoms with Gasteiger partial charge >= 0.3 is 0 Å². The lowest BCUT2D eigenvalue weighted by molar-refractivity contribution is 0.0961. The summed E-state index contributed by atoms with van der Waals surface area (Å²) in [4.78, 5) is 12.7. The van der Waals surface area contributed by atoms with Crippen molar-refractivity contribution in [1.29, 1.82) is 0 Å². The van der Waals surface area contributed by atoms with E-state index in [1.807, 2.05) is 37.4 Å². The highest BCUT2D eigenvalue weighted by Crippen LogP contribution is 2.22. The minimum atomic E-state index is -0.284. The summed E-state index contributed by atoms with van der Waals surface area (Å²) >= 11 is 0. The Labute approximate surface area is 128 Å². The quantitative estimate of drug-likeness (QED) is 0.620. The van der Waals surface area contributed by atoms with E-state index in [0.717, 1.165) is 22.0 Å². The summed E-state index contributed by atoms with van der Waals surface area (Å²) in [6, 6.07) is 13.9. The van der Waals surface area contributed by atoms with E-state index >= 15 is 0 Å². The van der Waals surface area contributed by atoms with Gasteiger partial charge in [-0.2, -0.15) is 0 Å². The van der Waals surface area contributed by atoms with Crippen molar-refractivity contribution in [2.45, 2.75) is 13.8 Å². The lowest BCUT2D eigenvalue weighted by Gasteiger charge is -2.05. The minimum absolute atomic E-state index is 0.0753. The van der Waals surface area contributed by atoms with Crippen LogP contribution < -0.4 is 0 Å². The molecule has 0 atom stereocenters. The van der Waals surface area contributed by atoms with Gasteiger partial charge in [-0.05, 0) is 49.2 Å². The average Bonchev–Trinajstić information content (AvgIpc) is 2.86. The maximum Gasteiger partial charge on any atom is 0.258 e. The fraction of sp³-hybridized carbons (Fsp3) is 0.105. The Bertz CT molecular complexity index is 872. The van der Waals surface area contributed by atoms with Crippen LogP contribution in [0.2, 0.25) is 0 Å². The number of aromatic nitrogens is 1. The molecule has 22 heavy (non-hydrogen) atoms. The van der Waals surface area contributed by atoms with Crippen LogP contribution >= 0.6 is 0 Å². The molecule has 0 aliphatic heterocycles. The number of allylic oxidation sites excluding steroid dienone is 1. The molecule has 0 amide bonds. The molecule has 0 bridgehead atoms. The molecule has 1 heterocycles. The number of hydrogen-bond donors (Lipinski definition) is 0. The molecule has 2 aromatic carbocycles. The number of carbonyl (C=O) groups excluding carboxylic acids is 1. The van der Waals surface area contributed by atoms with Gasteiger partial charge in [0.15, 0.2) is 0 Å². The first-order valence-electron chi connectivity index (χ1n) is 7.11. The first-order valence-corrected chi connectivity index (χ1v) is 7.11. The third-order valence-electron chi connectivity index (χ3n) is 3.72. The highest BCUT2D eigenvalue weighted by atomic mass is 19.1. The number of fused-ring (bicyclic) bond motifs is 1. The van der Waals surface area contributed by atoms with Crippen molar-refractivity contribution in [2.24, 2.45) is 0 Å². The molecular formula is C19H16FNO. The van der Waals surface area contributed by atoms with Crippen molar-refractivity contribution < 1.29 is 9.18 Å². The lowest BCUT2D eigenvalue weighted by atomic mass is 10.1. The standard InChI is InChI=1S/C19H16FNO/c1-13(11-15-7-9-16(20)10-8-15)19(22)21-12-14(2)17-5-3-4-6-18(17)21/h3-12H,1-2H3/b13-11+. The number of para-hydroxylation sites is 1. The Kier molecular flexibility index (Phi) is 3.63. The molecule has 110 valence electrons. The van der Waals surface area contributed by atoms with Crippen LogP contribution in [-0.4, -0.2) is 10.5 Å². The SMILES string of the molecule is C/C(=C\c1ccc(F)cc1)C(=O)n1cc(C)c2ccccc21. The number of aryl methyl sites for hydroxylation is 1. The van der Waals surface area contributed by atoms with Gasteiger partial charge in [-0.1, -0.05) is 30.3 Å².